The van der Waals surface area contributed by atoms with E-state index in [1.54, 1.807) is 4.68 Å². The van der Waals surface area contributed by atoms with Crippen molar-refractivity contribution in [2.24, 2.45) is 5.92 Å². The minimum Gasteiger partial charge on any atom is -0.361 e. The molecule has 1 aliphatic carbocycles. The lowest BCUT2D eigenvalue weighted by Crippen LogP contribution is -2.30. The van der Waals surface area contributed by atoms with Crippen LogP contribution in [0, 0.1) is 17.2 Å². The van der Waals surface area contributed by atoms with E-state index >= 15 is 0 Å². The summed E-state index contributed by atoms with van der Waals surface area (Å²) >= 11 is 0. The number of amides is 2. The van der Waals surface area contributed by atoms with Crippen LogP contribution in [-0.4, -0.2) is 50.8 Å². The van der Waals surface area contributed by atoms with Crippen LogP contribution in [0.1, 0.15) is 51.0 Å². The summed E-state index contributed by atoms with van der Waals surface area (Å²) in [6.07, 6.45) is 10.3. The van der Waals surface area contributed by atoms with Crippen molar-refractivity contribution >= 4 is 36.7 Å². The molecule has 0 radical (unpaired) electrons. The van der Waals surface area contributed by atoms with Gasteiger partial charge in [0.2, 0.25) is 11.8 Å². The van der Waals surface area contributed by atoms with Crippen LogP contribution in [0.15, 0.2) is 24.8 Å². The topological polar surface area (TPSA) is 119 Å². The first kappa shape index (κ1) is 26.3. The number of anilines is 1. The molecule has 0 unspecified atom stereocenters. The highest BCUT2D eigenvalue weighted by atomic mass is 28.3. The van der Waals surface area contributed by atoms with Crippen molar-refractivity contribution in [3.05, 3.63) is 24.8 Å². The number of carbonyl (C=O) groups is 2. The number of nitriles is 1. The van der Waals surface area contributed by atoms with Crippen molar-refractivity contribution in [3.63, 3.8) is 0 Å². The Morgan fingerprint density at radius 1 is 1.16 bits per heavy atom. The lowest BCUT2D eigenvalue weighted by Gasteiger charge is -2.21. The zero-order valence-corrected chi connectivity index (χ0v) is 23.4. The van der Waals surface area contributed by atoms with Crippen molar-refractivity contribution in [1.82, 2.24) is 24.3 Å². The zero-order chi connectivity index (χ0) is 26.9. The number of carbonyl (C=O) groups excluding carboxylic acids is 2. The highest BCUT2D eigenvalue weighted by Gasteiger charge is 2.36. The molecule has 1 aliphatic heterocycles. The normalized spacial score (nSPS) is 17.6. The molecule has 1 saturated carbocycles. The standard InChI is InChI=1S/C27H35N7O3Si/c1-38(2,3)15-14-37-18-32-13-11-20-25(29-17-30-26(20)32)21-16-33(22(10-12-28)19-6-4-5-7-19)31-27(21)34-23(35)8-9-24(34)36/h11,13,16-17,19,22H,4-10,14-15,18H2,1-3H3/t22-/m1/s1. The Balaban J connectivity index is 1.54. The van der Waals surface area contributed by atoms with E-state index in [0.717, 1.165) is 37.1 Å². The van der Waals surface area contributed by atoms with Gasteiger partial charge in [0.1, 0.15) is 18.7 Å². The number of aromatic nitrogens is 5. The molecule has 3 aromatic heterocycles. The van der Waals surface area contributed by atoms with Gasteiger partial charge in [-0.05, 0) is 30.9 Å². The van der Waals surface area contributed by atoms with E-state index in [-0.39, 0.29) is 36.5 Å². The molecule has 38 heavy (non-hydrogen) atoms. The average Bonchev–Trinajstić information content (AvgIpc) is 3.67. The first-order chi connectivity index (χ1) is 18.3. The third-order valence-electron chi connectivity index (χ3n) is 7.60. The first-order valence-corrected chi connectivity index (χ1v) is 17.2. The molecule has 10 nitrogen and oxygen atoms in total. The number of rotatable bonds is 10. The fourth-order valence-electron chi connectivity index (χ4n) is 5.47. The lowest BCUT2D eigenvalue weighted by molar-refractivity contribution is -0.121. The molecule has 1 atom stereocenters. The minimum atomic E-state index is -1.19. The summed E-state index contributed by atoms with van der Waals surface area (Å²) in [4.78, 5) is 35.8. The van der Waals surface area contributed by atoms with Crippen LogP contribution in [0.4, 0.5) is 5.82 Å². The SMILES string of the molecule is C[Si](C)(C)CCOCn1ccc2c(-c3cn([C@H](CC#N)C4CCCC4)nc3N3C(=O)CCC3=O)ncnc21. The Labute approximate surface area is 223 Å². The van der Waals surface area contributed by atoms with Crippen LogP contribution >= 0.6 is 0 Å². The Kier molecular flexibility index (Phi) is 7.45. The van der Waals surface area contributed by atoms with Crippen molar-refractivity contribution in [2.75, 3.05) is 11.5 Å². The second-order valence-electron chi connectivity index (χ2n) is 11.5. The molecule has 0 aromatic carbocycles. The predicted molar refractivity (Wildman–Crippen MR) is 146 cm³/mol. The Hall–Kier alpha value is -3.36. The number of fused-ring (bicyclic) bond motifs is 1. The van der Waals surface area contributed by atoms with Crippen LogP contribution in [0.25, 0.3) is 22.3 Å². The van der Waals surface area contributed by atoms with E-state index in [4.69, 9.17) is 9.84 Å². The molecule has 2 fully saturated rings. The number of hydrogen-bond donors (Lipinski definition) is 0. The molecule has 0 N–H and O–H groups in total. The highest BCUT2D eigenvalue weighted by molar-refractivity contribution is 6.76. The maximum Gasteiger partial charge on any atom is 0.235 e. The molecule has 0 spiro atoms. The molecule has 4 heterocycles. The molecule has 1 saturated heterocycles. The summed E-state index contributed by atoms with van der Waals surface area (Å²) in [6.45, 7) is 8.05. The first-order valence-electron chi connectivity index (χ1n) is 13.5. The maximum absolute atomic E-state index is 12.8. The largest absolute Gasteiger partial charge is 0.361 e. The number of ether oxygens (including phenoxy) is 1. The summed E-state index contributed by atoms with van der Waals surface area (Å²) in [5.41, 5.74) is 1.91. The third kappa shape index (κ3) is 5.28. The van der Waals surface area contributed by atoms with Gasteiger partial charge in [0.15, 0.2) is 5.82 Å². The monoisotopic (exact) mass is 533 g/mol. The number of hydrogen-bond acceptors (Lipinski definition) is 7. The fraction of sp³-hybridized carbons (Fsp3) is 0.556. The van der Waals surface area contributed by atoms with Crippen LogP contribution in [0.5, 0.6) is 0 Å². The van der Waals surface area contributed by atoms with E-state index < -0.39 is 8.07 Å². The molecule has 11 heteroatoms. The summed E-state index contributed by atoms with van der Waals surface area (Å²) in [5, 5.41) is 15.2. The quantitative estimate of drug-likeness (QED) is 0.206. The summed E-state index contributed by atoms with van der Waals surface area (Å²) < 4.78 is 9.69. The number of imide groups is 1. The average molecular weight is 534 g/mol. The molecular weight excluding hydrogens is 498 g/mol. The Morgan fingerprint density at radius 3 is 2.58 bits per heavy atom. The van der Waals surface area contributed by atoms with Gasteiger partial charge in [0.05, 0.1) is 29.8 Å². The van der Waals surface area contributed by atoms with E-state index in [9.17, 15) is 14.9 Å². The smallest absolute Gasteiger partial charge is 0.235 e. The van der Waals surface area contributed by atoms with E-state index in [0.29, 0.717) is 42.6 Å². The number of nitrogens with zero attached hydrogens (tertiary/aromatic N) is 7. The van der Waals surface area contributed by atoms with Gasteiger partial charge in [-0.3, -0.25) is 14.3 Å². The van der Waals surface area contributed by atoms with Crippen molar-refractivity contribution in [2.45, 2.75) is 83.4 Å². The zero-order valence-electron chi connectivity index (χ0n) is 22.4. The summed E-state index contributed by atoms with van der Waals surface area (Å²) in [7, 11) is -1.19. The third-order valence-corrected chi connectivity index (χ3v) is 9.30. The predicted octanol–water partition coefficient (Wildman–Crippen LogP) is 4.91. The molecule has 3 aromatic rings. The summed E-state index contributed by atoms with van der Waals surface area (Å²) in [6, 6.07) is 5.21. The molecular formula is C27H35N7O3Si. The summed E-state index contributed by atoms with van der Waals surface area (Å²) in [5.74, 6) is 0.0911. The van der Waals surface area contributed by atoms with Crippen molar-refractivity contribution in [1.29, 1.82) is 5.26 Å². The van der Waals surface area contributed by atoms with Crippen molar-refractivity contribution < 1.29 is 14.3 Å². The van der Waals surface area contributed by atoms with Crippen LogP contribution in [0.3, 0.4) is 0 Å². The van der Waals surface area contributed by atoms with Gasteiger partial charge in [-0.25, -0.2) is 14.9 Å². The Bertz CT molecular complexity index is 1360. The second-order valence-corrected chi connectivity index (χ2v) is 17.2. The highest BCUT2D eigenvalue weighted by Crippen LogP contribution is 2.40. The lowest BCUT2D eigenvalue weighted by atomic mass is 9.96. The van der Waals surface area contributed by atoms with E-state index in [2.05, 4.69) is 35.7 Å². The van der Waals surface area contributed by atoms with Gasteiger partial charge >= 0.3 is 0 Å². The van der Waals surface area contributed by atoms with E-state index in [1.807, 2.05) is 23.0 Å². The van der Waals surface area contributed by atoms with Gasteiger partial charge in [-0.1, -0.05) is 32.5 Å². The van der Waals surface area contributed by atoms with Crippen LogP contribution in [-0.2, 0) is 21.1 Å². The maximum atomic E-state index is 12.8. The van der Waals surface area contributed by atoms with Crippen LogP contribution in [0.2, 0.25) is 25.7 Å². The molecule has 5 rings (SSSR count). The van der Waals surface area contributed by atoms with Gasteiger partial charge in [-0.15, -0.1) is 0 Å². The van der Waals surface area contributed by atoms with E-state index in [1.165, 1.54) is 11.2 Å². The molecule has 2 amide bonds. The van der Waals surface area contributed by atoms with Gasteiger partial charge in [-0.2, -0.15) is 10.4 Å². The minimum absolute atomic E-state index is 0.121. The van der Waals surface area contributed by atoms with Gasteiger partial charge < -0.3 is 9.30 Å². The van der Waals surface area contributed by atoms with Gasteiger partial charge in [0, 0.05) is 45.3 Å². The van der Waals surface area contributed by atoms with Crippen molar-refractivity contribution in [3.8, 4) is 17.3 Å². The van der Waals surface area contributed by atoms with Gasteiger partial charge in [0.25, 0.3) is 0 Å². The van der Waals surface area contributed by atoms with Crippen LogP contribution < -0.4 is 4.90 Å². The molecule has 0 bridgehead atoms. The Morgan fingerprint density at radius 2 is 1.89 bits per heavy atom. The fourth-order valence-corrected chi connectivity index (χ4v) is 6.23. The molecule has 200 valence electrons. The molecule has 2 aliphatic rings. The second kappa shape index (κ2) is 10.8.